The highest BCUT2D eigenvalue weighted by Crippen LogP contribution is 2.27. The lowest BCUT2D eigenvalue weighted by molar-refractivity contribution is 0.0791. The van der Waals surface area contributed by atoms with Crippen LogP contribution in [0.1, 0.15) is 30.0 Å². The Morgan fingerprint density at radius 1 is 1.62 bits per heavy atom. The summed E-state index contributed by atoms with van der Waals surface area (Å²) in [4.78, 5) is 0. The van der Waals surface area contributed by atoms with Crippen molar-refractivity contribution in [3.8, 4) is 0 Å². The number of nitrogen functional groups attached to an aromatic ring is 1. The van der Waals surface area contributed by atoms with Crippen LogP contribution in [0.5, 0.6) is 0 Å². The van der Waals surface area contributed by atoms with E-state index in [1.54, 1.807) is 0 Å². The molecule has 0 saturated carbocycles. The second kappa shape index (κ2) is 3.38. The molecule has 1 saturated heterocycles. The molecule has 1 aliphatic rings. The maximum Gasteiger partial charge on any atom is 0.148 e. The summed E-state index contributed by atoms with van der Waals surface area (Å²) in [6.07, 6.45) is 2.30. The quantitative estimate of drug-likeness (QED) is 0.684. The molecule has 4 nitrogen and oxygen atoms in total. The fourth-order valence-electron chi connectivity index (χ4n) is 1.79. The molecular weight excluding hydrogens is 166 g/mol. The monoisotopic (exact) mass is 181 g/mol. The summed E-state index contributed by atoms with van der Waals surface area (Å²) in [6, 6.07) is 0. The second-order valence-electron chi connectivity index (χ2n) is 3.56. The van der Waals surface area contributed by atoms with Crippen molar-refractivity contribution < 1.29 is 4.74 Å². The van der Waals surface area contributed by atoms with Crippen molar-refractivity contribution in [3.63, 3.8) is 0 Å². The third kappa shape index (κ3) is 1.54. The smallest absolute Gasteiger partial charge is 0.148 e. The lowest BCUT2D eigenvalue weighted by atomic mass is 9.96. The van der Waals surface area contributed by atoms with Crippen LogP contribution in [0, 0.1) is 6.92 Å². The van der Waals surface area contributed by atoms with E-state index in [-0.39, 0.29) is 0 Å². The molecule has 0 aromatic carbocycles. The van der Waals surface area contributed by atoms with Gasteiger partial charge in [-0.3, -0.25) is 5.10 Å². The van der Waals surface area contributed by atoms with Crippen molar-refractivity contribution in [1.29, 1.82) is 0 Å². The first-order valence-corrected chi connectivity index (χ1v) is 4.67. The largest absolute Gasteiger partial charge is 0.382 e. The molecule has 4 heteroatoms. The minimum Gasteiger partial charge on any atom is -0.382 e. The van der Waals surface area contributed by atoms with Crippen molar-refractivity contribution in [2.75, 3.05) is 18.9 Å². The lowest BCUT2D eigenvalue weighted by Crippen LogP contribution is -2.16. The van der Waals surface area contributed by atoms with Crippen LogP contribution in [0.15, 0.2) is 0 Å². The Hall–Kier alpha value is -1.03. The number of aromatic amines is 1. The molecule has 0 spiro atoms. The summed E-state index contributed by atoms with van der Waals surface area (Å²) in [5, 5.41) is 6.98. The summed E-state index contributed by atoms with van der Waals surface area (Å²) in [7, 11) is 0. The Morgan fingerprint density at radius 2 is 2.46 bits per heavy atom. The predicted octanol–water partition coefficient (Wildman–Crippen LogP) is 1.19. The zero-order valence-electron chi connectivity index (χ0n) is 7.84. The molecule has 1 aliphatic heterocycles. The highest BCUT2D eigenvalue weighted by Gasteiger charge is 2.20. The molecule has 1 unspecified atom stereocenters. The number of anilines is 1. The summed E-state index contributed by atoms with van der Waals surface area (Å²) < 4.78 is 5.41. The number of nitrogens with zero attached hydrogens (tertiary/aromatic N) is 1. The van der Waals surface area contributed by atoms with E-state index in [1.807, 2.05) is 6.92 Å². The zero-order valence-corrected chi connectivity index (χ0v) is 7.84. The number of hydrogen-bond acceptors (Lipinski definition) is 3. The van der Waals surface area contributed by atoms with Gasteiger partial charge >= 0.3 is 0 Å². The Balaban J connectivity index is 2.18. The van der Waals surface area contributed by atoms with Gasteiger partial charge in [0.15, 0.2) is 0 Å². The first-order valence-electron chi connectivity index (χ1n) is 4.67. The highest BCUT2D eigenvalue weighted by atomic mass is 16.5. The molecule has 1 aromatic rings. The maximum atomic E-state index is 5.66. The summed E-state index contributed by atoms with van der Waals surface area (Å²) in [5.41, 5.74) is 7.89. The van der Waals surface area contributed by atoms with Crippen LogP contribution in [0.3, 0.4) is 0 Å². The molecule has 2 rings (SSSR count). The molecule has 1 aromatic heterocycles. The van der Waals surface area contributed by atoms with Gasteiger partial charge in [-0.2, -0.15) is 5.10 Å². The van der Waals surface area contributed by atoms with Crippen molar-refractivity contribution in [2.45, 2.75) is 25.7 Å². The van der Waals surface area contributed by atoms with Gasteiger partial charge in [0.25, 0.3) is 0 Å². The van der Waals surface area contributed by atoms with Crippen molar-refractivity contribution in [1.82, 2.24) is 10.2 Å². The van der Waals surface area contributed by atoms with Gasteiger partial charge in [0.1, 0.15) is 5.82 Å². The van der Waals surface area contributed by atoms with Gasteiger partial charge < -0.3 is 10.5 Å². The Bertz CT molecular complexity index is 289. The minimum atomic E-state index is 0.457. The Morgan fingerprint density at radius 3 is 3.00 bits per heavy atom. The Labute approximate surface area is 77.5 Å². The van der Waals surface area contributed by atoms with E-state index in [9.17, 15) is 0 Å². The lowest BCUT2D eigenvalue weighted by Gasteiger charge is -2.21. The average molecular weight is 181 g/mol. The fraction of sp³-hybridized carbons (Fsp3) is 0.667. The number of H-pyrrole nitrogens is 1. The fourth-order valence-corrected chi connectivity index (χ4v) is 1.79. The molecule has 0 bridgehead atoms. The van der Waals surface area contributed by atoms with E-state index in [0.717, 1.165) is 30.9 Å². The maximum absolute atomic E-state index is 5.66. The van der Waals surface area contributed by atoms with Gasteiger partial charge in [-0.25, -0.2) is 0 Å². The highest BCUT2D eigenvalue weighted by molar-refractivity contribution is 5.42. The Kier molecular flexibility index (Phi) is 2.22. The molecule has 3 N–H and O–H groups in total. The summed E-state index contributed by atoms with van der Waals surface area (Å²) in [6.45, 7) is 3.68. The van der Waals surface area contributed by atoms with Gasteiger partial charge in [0, 0.05) is 23.8 Å². The van der Waals surface area contributed by atoms with Crippen LogP contribution in [-0.4, -0.2) is 23.4 Å². The topological polar surface area (TPSA) is 63.9 Å². The third-order valence-electron chi connectivity index (χ3n) is 2.65. The number of ether oxygens (including phenoxy) is 1. The van der Waals surface area contributed by atoms with E-state index in [1.165, 1.54) is 6.42 Å². The molecule has 0 radical (unpaired) electrons. The molecular formula is C9H15N3O. The van der Waals surface area contributed by atoms with Crippen LogP contribution in [0.2, 0.25) is 0 Å². The van der Waals surface area contributed by atoms with Gasteiger partial charge in [0.05, 0.1) is 6.61 Å². The van der Waals surface area contributed by atoms with E-state index in [0.29, 0.717) is 11.7 Å². The third-order valence-corrected chi connectivity index (χ3v) is 2.65. The van der Waals surface area contributed by atoms with E-state index < -0.39 is 0 Å². The molecule has 1 fully saturated rings. The van der Waals surface area contributed by atoms with Gasteiger partial charge in [0.2, 0.25) is 0 Å². The molecule has 2 heterocycles. The van der Waals surface area contributed by atoms with Gasteiger partial charge in [-0.1, -0.05) is 0 Å². The van der Waals surface area contributed by atoms with Crippen molar-refractivity contribution in [2.24, 2.45) is 0 Å². The number of rotatable bonds is 1. The first kappa shape index (κ1) is 8.56. The van der Waals surface area contributed by atoms with Crippen LogP contribution in [-0.2, 0) is 4.74 Å². The van der Waals surface area contributed by atoms with Crippen molar-refractivity contribution >= 4 is 5.82 Å². The second-order valence-corrected chi connectivity index (χ2v) is 3.56. The number of aromatic nitrogens is 2. The van der Waals surface area contributed by atoms with Crippen LogP contribution in [0.25, 0.3) is 0 Å². The van der Waals surface area contributed by atoms with E-state index in [4.69, 9.17) is 10.5 Å². The van der Waals surface area contributed by atoms with Crippen LogP contribution in [0.4, 0.5) is 5.82 Å². The molecule has 13 heavy (non-hydrogen) atoms. The van der Waals surface area contributed by atoms with Gasteiger partial charge in [-0.15, -0.1) is 0 Å². The average Bonchev–Trinajstić information content (AvgIpc) is 2.49. The molecule has 1 atom stereocenters. The number of nitrogens with two attached hydrogens (primary N) is 1. The van der Waals surface area contributed by atoms with E-state index in [2.05, 4.69) is 10.2 Å². The first-order chi connectivity index (χ1) is 6.29. The van der Waals surface area contributed by atoms with Gasteiger partial charge in [-0.05, 0) is 19.8 Å². The molecule has 0 amide bonds. The van der Waals surface area contributed by atoms with E-state index >= 15 is 0 Å². The number of hydrogen-bond donors (Lipinski definition) is 2. The standard InChI is InChI=1S/C9H15N3O/c1-6-8(11-12-9(6)10)7-3-2-4-13-5-7/h7H,2-5H2,1H3,(H3,10,11,12). The van der Waals surface area contributed by atoms with Crippen LogP contribution >= 0.6 is 0 Å². The van der Waals surface area contributed by atoms with Crippen LogP contribution < -0.4 is 5.73 Å². The minimum absolute atomic E-state index is 0.457. The molecule has 72 valence electrons. The van der Waals surface area contributed by atoms with Crippen molar-refractivity contribution in [3.05, 3.63) is 11.3 Å². The number of nitrogens with one attached hydrogen (secondary N) is 1. The summed E-state index contributed by atoms with van der Waals surface area (Å²) in [5.74, 6) is 1.07. The normalized spacial score (nSPS) is 23.3. The predicted molar refractivity (Wildman–Crippen MR) is 50.5 cm³/mol. The SMILES string of the molecule is Cc1c(N)n[nH]c1C1CCCOC1. The zero-order chi connectivity index (χ0) is 9.26. The molecule has 0 aliphatic carbocycles. The summed E-state index contributed by atoms with van der Waals surface area (Å²) >= 11 is 0.